The fourth-order valence-corrected chi connectivity index (χ4v) is 4.52. The maximum absolute atomic E-state index is 13.0. The molecule has 1 aromatic rings. The molecule has 6 heteroatoms. The van der Waals surface area contributed by atoms with E-state index in [2.05, 4.69) is 0 Å². The summed E-state index contributed by atoms with van der Waals surface area (Å²) in [7, 11) is -1.98. The predicted octanol–water partition coefficient (Wildman–Crippen LogP) is 3.03. The summed E-state index contributed by atoms with van der Waals surface area (Å²) in [6, 6.07) is 5.19. The van der Waals surface area contributed by atoms with Gasteiger partial charge in [0.05, 0.1) is 11.5 Å². The van der Waals surface area contributed by atoms with Crippen LogP contribution in [0, 0.1) is 0 Å². The van der Waals surface area contributed by atoms with Crippen LogP contribution in [0.5, 0.6) is 0 Å². The zero-order chi connectivity index (χ0) is 16.0. The summed E-state index contributed by atoms with van der Waals surface area (Å²) in [6.07, 6.45) is 0.660. The molecule has 0 spiro atoms. The van der Waals surface area contributed by atoms with Crippen LogP contribution < -0.4 is 0 Å². The number of methoxy groups -OCH3 is 1. The van der Waals surface area contributed by atoms with Crippen molar-refractivity contribution in [2.45, 2.75) is 44.0 Å². The van der Waals surface area contributed by atoms with Gasteiger partial charge in [-0.2, -0.15) is 4.31 Å². The highest BCUT2D eigenvalue weighted by Gasteiger charge is 2.29. The van der Waals surface area contributed by atoms with E-state index in [9.17, 15) is 8.42 Å². The SMILES string of the molecule is CCc1ccc(CCl)cc1S(=O)(=O)N(CC)C(C)COC. The Morgan fingerprint density at radius 2 is 2.00 bits per heavy atom. The van der Waals surface area contributed by atoms with E-state index in [1.807, 2.05) is 32.9 Å². The largest absolute Gasteiger partial charge is 0.383 e. The smallest absolute Gasteiger partial charge is 0.243 e. The number of hydrogen-bond donors (Lipinski definition) is 0. The van der Waals surface area contributed by atoms with Crippen LogP contribution in [0.4, 0.5) is 0 Å². The van der Waals surface area contributed by atoms with Gasteiger partial charge in [-0.15, -0.1) is 11.6 Å². The lowest BCUT2D eigenvalue weighted by atomic mass is 10.1. The van der Waals surface area contributed by atoms with Gasteiger partial charge in [-0.1, -0.05) is 26.0 Å². The zero-order valence-electron chi connectivity index (χ0n) is 13.1. The highest BCUT2D eigenvalue weighted by molar-refractivity contribution is 7.89. The summed E-state index contributed by atoms with van der Waals surface area (Å²) < 4.78 is 32.5. The van der Waals surface area contributed by atoms with Crippen LogP contribution in [0.1, 0.15) is 31.9 Å². The van der Waals surface area contributed by atoms with Crippen LogP contribution in [0.25, 0.3) is 0 Å². The Hall–Kier alpha value is -0.620. The summed E-state index contributed by atoms with van der Waals surface area (Å²) >= 11 is 5.84. The second-order valence-electron chi connectivity index (χ2n) is 4.94. The minimum atomic E-state index is -3.55. The van der Waals surface area contributed by atoms with Gasteiger partial charge in [-0.05, 0) is 30.5 Å². The number of benzene rings is 1. The third-order valence-electron chi connectivity index (χ3n) is 3.46. The van der Waals surface area contributed by atoms with Gasteiger partial charge < -0.3 is 4.74 Å². The molecular weight excluding hydrogens is 310 g/mol. The summed E-state index contributed by atoms with van der Waals surface area (Å²) in [4.78, 5) is 0.355. The van der Waals surface area contributed by atoms with Gasteiger partial charge in [0.2, 0.25) is 10.0 Å². The normalized spacial score (nSPS) is 13.6. The molecule has 0 saturated carbocycles. The zero-order valence-corrected chi connectivity index (χ0v) is 14.7. The summed E-state index contributed by atoms with van der Waals surface area (Å²) in [5, 5.41) is 0. The topological polar surface area (TPSA) is 46.6 Å². The van der Waals surface area contributed by atoms with Gasteiger partial charge in [0.25, 0.3) is 0 Å². The van der Waals surface area contributed by atoms with E-state index in [0.29, 0.717) is 30.3 Å². The molecule has 0 radical (unpaired) electrons. The molecule has 21 heavy (non-hydrogen) atoms. The first-order chi connectivity index (χ1) is 9.92. The summed E-state index contributed by atoms with van der Waals surface area (Å²) in [5.41, 5.74) is 1.62. The van der Waals surface area contributed by atoms with Gasteiger partial charge in [-0.25, -0.2) is 8.42 Å². The first kappa shape index (κ1) is 18.4. The van der Waals surface area contributed by atoms with Gasteiger partial charge in [0.1, 0.15) is 0 Å². The monoisotopic (exact) mass is 333 g/mol. The predicted molar refractivity (Wildman–Crippen MR) is 86.3 cm³/mol. The first-order valence-corrected chi connectivity index (χ1v) is 9.08. The van der Waals surface area contributed by atoms with Crippen molar-refractivity contribution in [3.05, 3.63) is 29.3 Å². The van der Waals surface area contributed by atoms with E-state index in [4.69, 9.17) is 16.3 Å². The van der Waals surface area contributed by atoms with Crippen molar-refractivity contribution in [3.63, 3.8) is 0 Å². The second kappa shape index (κ2) is 8.13. The van der Waals surface area contributed by atoms with E-state index < -0.39 is 10.0 Å². The third-order valence-corrected chi connectivity index (χ3v) is 5.94. The Morgan fingerprint density at radius 3 is 2.48 bits per heavy atom. The standard InChI is InChI=1S/C15H24ClNO3S/c1-5-14-8-7-13(10-16)9-15(14)21(18,19)17(6-2)12(3)11-20-4/h7-9,12H,5-6,10-11H2,1-4H3. The van der Waals surface area contributed by atoms with Gasteiger partial charge >= 0.3 is 0 Å². The molecule has 0 fully saturated rings. The average molecular weight is 334 g/mol. The number of nitrogens with zero attached hydrogens (tertiary/aromatic N) is 1. The molecule has 1 unspecified atom stereocenters. The molecule has 0 aliphatic heterocycles. The van der Waals surface area contributed by atoms with Crippen LogP contribution >= 0.6 is 11.6 Å². The highest BCUT2D eigenvalue weighted by Crippen LogP contribution is 2.24. The van der Waals surface area contributed by atoms with Crippen LogP contribution in [-0.2, 0) is 27.1 Å². The van der Waals surface area contributed by atoms with Crippen molar-refractivity contribution in [2.75, 3.05) is 20.3 Å². The molecule has 0 heterocycles. The van der Waals surface area contributed by atoms with Crippen molar-refractivity contribution < 1.29 is 13.2 Å². The van der Waals surface area contributed by atoms with Crippen molar-refractivity contribution in [1.82, 2.24) is 4.31 Å². The average Bonchev–Trinajstić information content (AvgIpc) is 2.47. The van der Waals surface area contributed by atoms with Crippen LogP contribution in [0.2, 0.25) is 0 Å². The Kier molecular flexibility index (Phi) is 7.13. The molecular formula is C15H24ClNO3S. The quantitative estimate of drug-likeness (QED) is 0.687. The highest BCUT2D eigenvalue weighted by atomic mass is 35.5. The van der Waals surface area contributed by atoms with Crippen molar-refractivity contribution in [1.29, 1.82) is 0 Å². The molecule has 0 aliphatic carbocycles. The van der Waals surface area contributed by atoms with E-state index in [1.165, 1.54) is 4.31 Å². The number of sulfonamides is 1. The molecule has 0 aliphatic rings. The molecule has 0 aromatic heterocycles. The number of halogens is 1. The lowest BCUT2D eigenvalue weighted by Gasteiger charge is -2.27. The van der Waals surface area contributed by atoms with Crippen LogP contribution in [-0.4, -0.2) is 39.0 Å². The Balaban J connectivity index is 3.33. The number of rotatable bonds is 8. The maximum atomic E-state index is 13.0. The molecule has 0 amide bonds. The molecule has 1 aromatic carbocycles. The molecule has 0 saturated heterocycles. The van der Waals surface area contributed by atoms with E-state index >= 15 is 0 Å². The number of aryl methyl sites for hydroxylation is 1. The van der Waals surface area contributed by atoms with E-state index in [-0.39, 0.29) is 6.04 Å². The van der Waals surface area contributed by atoms with Crippen molar-refractivity contribution >= 4 is 21.6 Å². The lowest BCUT2D eigenvalue weighted by Crippen LogP contribution is -2.41. The maximum Gasteiger partial charge on any atom is 0.243 e. The Morgan fingerprint density at radius 1 is 1.33 bits per heavy atom. The minimum absolute atomic E-state index is 0.214. The van der Waals surface area contributed by atoms with Crippen LogP contribution in [0.3, 0.4) is 0 Å². The van der Waals surface area contributed by atoms with Gasteiger partial charge in [0, 0.05) is 25.6 Å². The van der Waals surface area contributed by atoms with Crippen LogP contribution in [0.15, 0.2) is 23.1 Å². The molecule has 120 valence electrons. The second-order valence-corrected chi connectivity index (χ2v) is 7.07. The third kappa shape index (κ3) is 4.19. The fourth-order valence-electron chi connectivity index (χ4n) is 2.38. The number of hydrogen-bond acceptors (Lipinski definition) is 3. The molecule has 0 bridgehead atoms. The summed E-state index contributed by atoms with van der Waals surface area (Å²) in [5.74, 6) is 0.298. The molecule has 1 atom stereocenters. The number of likely N-dealkylation sites (N-methyl/N-ethyl adjacent to an activating group) is 1. The fraction of sp³-hybridized carbons (Fsp3) is 0.600. The van der Waals surface area contributed by atoms with Crippen molar-refractivity contribution in [3.8, 4) is 0 Å². The molecule has 4 nitrogen and oxygen atoms in total. The Labute approximate surface area is 133 Å². The van der Waals surface area contributed by atoms with Gasteiger partial charge in [-0.3, -0.25) is 0 Å². The summed E-state index contributed by atoms with van der Waals surface area (Å²) in [6.45, 7) is 6.40. The minimum Gasteiger partial charge on any atom is -0.383 e. The number of alkyl halides is 1. The molecule has 1 rings (SSSR count). The number of ether oxygens (including phenoxy) is 1. The van der Waals surface area contributed by atoms with E-state index in [0.717, 1.165) is 11.1 Å². The molecule has 0 N–H and O–H groups in total. The Bertz CT molecular complexity index is 560. The van der Waals surface area contributed by atoms with Gasteiger partial charge in [0.15, 0.2) is 0 Å². The van der Waals surface area contributed by atoms with Crippen molar-refractivity contribution in [2.24, 2.45) is 0 Å². The first-order valence-electron chi connectivity index (χ1n) is 7.10. The van der Waals surface area contributed by atoms with E-state index in [1.54, 1.807) is 13.2 Å². The lowest BCUT2D eigenvalue weighted by molar-refractivity contribution is 0.142.